The second-order valence-electron chi connectivity index (χ2n) is 4.05. The van der Waals surface area contributed by atoms with Crippen molar-refractivity contribution < 1.29 is 14.4 Å². The van der Waals surface area contributed by atoms with Gasteiger partial charge in [0.2, 0.25) is 0 Å². The van der Waals surface area contributed by atoms with Gasteiger partial charge < -0.3 is 4.84 Å². The standard InChI is InChI=1S/C14H17NO3/c1-4-11(2)10-13(16)15(3)18-14(17)12-8-6-5-7-9-12/h4-9,11H,1,10H2,2-3H3. The van der Waals surface area contributed by atoms with Gasteiger partial charge >= 0.3 is 5.97 Å². The highest BCUT2D eigenvalue weighted by Gasteiger charge is 2.16. The van der Waals surface area contributed by atoms with Gasteiger partial charge in [0.15, 0.2) is 0 Å². The highest BCUT2D eigenvalue weighted by molar-refractivity contribution is 5.90. The zero-order chi connectivity index (χ0) is 13.5. The molecule has 0 spiro atoms. The van der Waals surface area contributed by atoms with Crippen LogP contribution >= 0.6 is 0 Å². The van der Waals surface area contributed by atoms with E-state index < -0.39 is 5.97 Å². The van der Waals surface area contributed by atoms with Crippen molar-refractivity contribution in [3.05, 3.63) is 48.6 Å². The summed E-state index contributed by atoms with van der Waals surface area (Å²) >= 11 is 0. The van der Waals surface area contributed by atoms with Crippen molar-refractivity contribution in [2.24, 2.45) is 5.92 Å². The van der Waals surface area contributed by atoms with Crippen LogP contribution in [0.2, 0.25) is 0 Å². The van der Waals surface area contributed by atoms with Crippen molar-refractivity contribution >= 4 is 11.9 Å². The Morgan fingerprint density at radius 3 is 2.56 bits per heavy atom. The highest BCUT2D eigenvalue weighted by Crippen LogP contribution is 2.07. The van der Waals surface area contributed by atoms with E-state index in [0.717, 1.165) is 5.06 Å². The predicted octanol–water partition coefficient (Wildman–Crippen LogP) is 2.43. The van der Waals surface area contributed by atoms with Crippen molar-refractivity contribution in [1.82, 2.24) is 5.06 Å². The molecule has 0 bridgehead atoms. The number of rotatable bonds is 4. The molecular weight excluding hydrogens is 230 g/mol. The van der Waals surface area contributed by atoms with Crippen LogP contribution < -0.4 is 0 Å². The van der Waals surface area contributed by atoms with E-state index in [2.05, 4.69) is 6.58 Å². The molecule has 0 aliphatic heterocycles. The van der Waals surface area contributed by atoms with E-state index in [4.69, 9.17) is 4.84 Å². The maximum absolute atomic E-state index is 11.7. The molecule has 4 nitrogen and oxygen atoms in total. The van der Waals surface area contributed by atoms with Gasteiger partial charge in [-0.1, -0.05) is 31.2 Å². The van der Waals surface area contributed by atoms with Gasteiger partial charge in [-0.25, -0.2) is 4.79 Å². The molecule has 1 atom stereocenters. The van der Waals surface area contributed by atoms with E-state index in [9.17, 15) is 9.59 Å². The zero-order valence-corrected chi connectivity index (χ0v) is 10.6. The molecular formula is C14H17NO3. The van der Waals surface area contributed by atoms with E-state index in [1.165, 1.54) is 7.05 Å². The van der Waals surface area contributed by atoms with Gasteiger partial charge in [-0.3, -0.25) is 4.79 Å². The maximum atomic E-state index is 11.7. The number of hydroxylamine groups is 2. The first kappa shape index (κ1) is 14.0. The first-order valence-electron chi connectivity index (χ1n) is 5.71. The second kappa shape index (κ2) is 6.59. The van der Waals surface area contributed by atoms with E-state index in [1.807, 2.05) is 6.92 Å². The number of hydrogen-bond donors (Lipinski definition) is 0. The fourth-order valence-electron chi connectivity index (χ4n) is 1.29. The highest BCUT2D eigenvalue weighted by atomic mass is 16.7. The third-order valence-corrected chi connectivity index (χ3v) is 2.48. The lowest BCUT2D eigenvalue weighted by molar-refractivity contribution is -0.161. The van der Waals surface area contributed by atoms with Crippen LogP contribution in [0, 0.1) is 5.92 Å². The van der Waals surface area contributed by atoms with Gasteiger partial charge in [0.1, 0.15) is 0 Å². The third-order valence-electron chi connectivity index (χ3n) is 2.48. The minimum atomic E-state index is -0.544. The number of carbonyl (C=O) groups excluding carboxylic acids is 2. The number of nitrogens with zero attached hydrogens (tertiary/aromatic N) is 1. The molecule has 0 radical (unpaired) electrons. The molecule has 1 unspecified atom stereocenters. The second-order valence-corrected chi connectivity index (χ2v) is 4.05. The monoisotopic (exact) mass is 247 g/mol. The van der Waals surface area contributed by atoms with Crippen molar-refractivity contribution in [1.29, 1.82) is 0 Å². The van der Waals surface area contributed by atoms with Crippen LogP contribution in [0.4, 0.5) is 0 Å². The van der Waals surface area contributed by atoms with Crippen LogP contribution in [0.3, 0.4) is 0 Å². The summed E-state index contributed by atoms with van der Waals surface area (Å²) < 4.78 is 0. The van der Waals surface area contributed by atoms with Crippen molar-refractivity contribution in [3.63, 3.8) is 0 Å². The SMILES string of the molecule is C=CC(C)CC(=O)N(C)OC(=O)c1ccccc1. The number of hydrogen-bond acceptors (Lipinski definition) is 3. The first-order valence-corrected chi connectivity index (χ1v) is 5.71. The summed E-state index contributed by atoms with van der Waals surface area (Å²) in [5, 5.41) is 0.968. The topological polar surface area (TPSA) is 46.6 Å². The third kappa shape index (κ3) is 4.05. The van der Waals surface area contributed by atoms with E-state index in [-0.39, 0.29) is 18.2 Å². The first-order chi connectivity index (χ1) is 8.54. The Kier molecular flexibility index (Phi) is 5.11. The molecule has 96 valence electrons. The normalized spacial score (nSPS) is 11.4. The average Bonchev–Trinajstić information content (AvgIpc) is 2.39. The van der Waals surface area contributed by atoms with Crippen molar-refractivity contribution in [2.45, 2.75) is 13.3 Å². The van der Waals surface area contributed by atoms with Gasteiger partial charge in [-0.05, 0) is 18.1 Å². The molecule has 1 aromatic rings. The predicted molar refractivity (Wildman–Crippen MR) is 68.6 cm³/mol. The summed E-state index contributed by atoms with van der Waals surface area (Å²) in [5.74, 6) is -0.750. The van der Waals surface area contributed by atoms with Crippen LogP contribution in [-0.2, 0) is 9.63 Å². The summed E-state index contributed by atoms with van der Waals surface area (Å²) in [5.41, 5.74) is 0.411. The average molecular weight is 247 g/mol. The summed E-state index contributed by atoms with van der Waals surface area (Å²) in [6.45, 7) is 5.48. The molecule has 0 N–H and O–H groups in total. The Labute approximate surface area is 107 Å². The van der Waals surface area contributed by atoms with Crippen molar-refractivity contribution in [3.8, 4) is 0 Å². The number of benzene rings is 1. The molecule has 1 aromatic carbocycles. The molecule has 0 saturated carbocycles. The van der Waals surface area contributed by atoms with Gasteiger partial charge in [0, 0.05) is 13.5 Å². The summed E-state index contributed by atoms with van der Waals surface area (Å²) in [6, 6.07) is 8.54. The van der Waals surface area contributed by atoms with Gasteiger partial charge in [-0.15, -0.1) is 6.58 Å². The Balaban J connectivity index is 2.54. The van der Waals surface area contributed by atoms with Gasteiger partial charge in [0.05, 0.1) is 5.56 Å². The lowest BCUT2D eigenvalue weighted by Crippen LogP contribution is -2.30. The molecule has 0 fully saturated rings. The Morgan fingerprint density at radius 1 is 1.39 bits per heavy atom. The van der Waals surface area contributed by atoms with Crippen molar-refractivity contribution in [2.75, 3.05) is 7.05 Å². The molecule has 0 saturated heterocycles. The molecule has 0 heterocycles. The van der Waals surface area contributed by atoms with Gasteiger partial charge in [0.25, 0.3) is 5.91 Å². The van der Waals surface area contributed by atoms with Crippen LogP contribution in [0.15, 0.2) is 43.0 Å². The lowest BCUT2D eigenvalue weighted by atomic mass is 10.1. The fraction of sp³-hybridized carbons (Fsp3) is 0.286. The molecule has 4 heteroatoms. The Morgan fingerprint density at radius 2 is 2.00 bits per heavy atom. The lowest BCUT2D eigenvalue weighted by Gasteiger charge is -2.17. The molecule has 0 aromatic heterocycles. The minimum Gasteiger partial charge on any atom is -0.333 e. The molecule has 1 rings (SSSR count). The van der Waals surface area contributed by atoms with Crippen LogP contribution in [-0.4, -0.2) is 24.0 Å². The number of carbonyl (C=O) groups is 2. The molecule has 0 aliphatic rings. The van der Waals surface area contributed by atoms with E-state index in [1.54, 1.807) is 36.4 Å². The quantitative estimate of drug-likeness (QED) is 0.606. The smallest absolute Gasteiger partial charge is 0.333 e. The largest absolute Gasteiger partial charge is 0.363 e. The van der Waals surface area contributed by atoms with Crippen LogP contribution in [0.1, 0.15) is 23.7 Å². The fourth-order valence-corrected chi connectivity index (χ4v) is 1.29. The number of allylic oxidation sites excluding steroid dienone is 1. The minimum absolute atomic E-state index is 0.0513. The molecule has 0 aliphatic carbocycles. The zero-order valence-electron chi connectivity index (χ0n) is 10.6. The maximum Gasteiger partial charge on any atom is 0.363 e. The Hall–Kier alpha value is -2.10. The number of amides is 1. The van der Waals surface area contributed by atoms with Crippen LogP contribution in [0.25, 0.3) is 0 Å². The van der Waals surface area contributed by atoms with E-state index >= 15 is 0 Å². The summed E-state index contributed by atoms with van der Waals surface area (Å²) in [7, 11) is 1.43. The summed E-state index contributed by atoms with van der Waals surface area (Å²) in [6.07, 6.45) is 1.95. The van der Waals surface area contributed by atoms with E-state index in [0.29, 0.717) is 5.56 Å². The Bertz CT molecular complexity index is 428. The molecule has 1 amide bonds. The van der Waals surface area contributed by atoms with Gasteiger partial charge in [-0.2, -0.15) is 5.06 Å². The summed E-state index contributed by atoms with van der Waals surface area (Å²) in [4.78, 5) is 28.3. The molecule has 18 heavy (non-hydrogen) atoms. The van der Waals surface area contributed by atoms with Crippen LogP contribution in [0.5, 0.6) is 0 Å².